The number of hydrogen-bond acceptors (Lipinski definition) is 1. The van der Waals surface area contributed by atoms with Gasteiger partial charge in [0, 0.05) is 18.6 Å². The van der Waals surface area contributed by atoms with Crippen LogP contribution in [0.4, 0.5) is 0 Å². The van der Waals surface area contributed by atoms with Gasteiger partial charge < -0.3 is 4.98 Å². The standard InChI is InChI=1S/C9H7N3/c1-2-9-11-5-6-12(9)8-3-4-10-7(1)8/h1-6,10H. The average molecular weight is 157 g/mol. The summed E-state index contributed by atoms with van der Waals surface area (Å²) in [6.07, 6.45) is 5.71. The van der Waals surface area contributed by atoms with E-state index in [-0.39, 0.29) is 0 Å². The van der Waals surface area contributed by atoms with Gasteiger partial charge in [-0.25, -0.2) is 4.98 Å². The number of nitrogens with zero attached hydrogens (tertiary/aromatic N) is 2. The number of hydrogen-bond donors (Lipinski definition) is 1. The lowest BCUT2D eigenvalue weighted by Gasteiger charge is -1.94. The molecule has 58 valence electrons. The van der Waals surface area contributed by atoms with Crippen LogP contribution in [-0.2, 0) is 0 Å². The van der Waals surface area contributed by atoms with Crippen molar-refractivity contribution in [3.63, 3.8) is 0 Å². The van der Waals surface area contributed by atoms with Gasteiger partial charge in [0.15, 0.2) is 0 Å². The van der Waals surface area contributed by atoms with Gasteiger partial charge in [-0.3, -0.25) is 4.40 Å². The van der Waals surface area contributed by atoms with Gasteiger partial charge in [-0.1, -0.05) is 0 Å². The molecule has 0 spiro atoms. The molecule has 3 rings (SSSR count). The third-order valence-electron chi connectivity index (χ3n) is 2.08. The van der Waals surface area contributed by atoms with E-state index in [2.05, 4.69) is 14.4 Å². The Labute approximate surface area is 68.7 Å². The van der Waals surface area contributed by atoms with Crippen LogP contribution in [-0.4, -0.2) is 14.4 Å². The summed E-state index contributed by atoms with van der Waals surface area (Å²) in [7, 11) is 0. The average Bonchev–Trinajstić information content (AvgIpc) is 2.71. The lowest BCUT2D eigenvalue weighted by molar-refractivity contribution is 1.26. The molecule has 0 bridgehead atoms. The molecule has 3 heterocycles. The van der Waals surface area contributed by atoms with Crippen molar-refractivity contribution in [1.82, 2.24) is 14.4 Å². The zero-order valence-corrected chi connectivity index (χ0v) is 6.36. The molecule has 3 aromatic rings. The summed E-state index contributed by atoms with van der Waals surface area (Å²) in [5, 5.41) is 0. The summed E-state index contributed by atoms with van der Waals surface area (Å²) in [5.41, 5.74) is 3.30. The van der Waals surface area contributed by atoms with E-state index in [1.54, 1.807) is 0 Å². The molecular weight excluding hydrogens is 150 g/mol. The molecule has 3 heteroatoms. The first kappa shape index (κ1) is 5.83. The van der Waals surface area contributed by atoms with E-state index in [4.69, 9.17) is 0 Å². The zero-order chi connectivity index (χ0) is 7.97. The highest BCUT2D eigenvalue weighted by atomic mass is 15.0. The molecule has 0 fully saturated rings. The molecule has 1 N–H and O–H groups in total. The van der Waals surface area contributed by atoms with Crippen LogP contribution in [0.3, 0.4) is 0 Å². The lowest BCUT2D eigenvalue weighted by Crippen LogP contribution is -1.82. The molecule has 0 saturated carbocycles. The number of rotatable bonds is 0. The SMILES string of the molecule is c1cn2c(ccc3[nH]ccc32)n1. The van der Waals surface area contributed by atoms with Crippen molar-refractivity contribution in [3.8, 4) is 0 Å². The number of pyridine rings is 1. The molecule has 3 nitrogen and oxygen atoms in total. The van der Waals surface area contributed by atoms with Crippen LogP contribution in [0.25, 0.3) is 16.7 Å². The van der Waals surface area contributed by atoms with Crippen LogP contribution in [0.5, 0.6) is 0 Å². The Hall–Kier alpha value is -1.77. The second kappa shape index (κ2) is 1.88. The third-order valence-corrected chi connectivity index (χ3v) is 2.08. The van der Waals surface area contributed by atoms with E-state index in [1.807, 2.05) is 36.8 Å². The van der Waals surface area contributed by atoms with E-state index in [1.165, 1.54) is 5.52 Å². The quantitative estimate of drug-likeness (QED) is 0.530. The summed E-state index contributed by atoms with van der Waals surface area (Å²) in [4.78, 5) is 7.35. The molecule has 0 aliphatic heterocycles. The normalized spacial score (nSPS) is 11.3. The highest BCUT2D eigenvalue weighted by Gasteiger charge is 1.98. The molecule has 0 radical (unpaired) electrons. The number of aromatic nitrogens is 3. The summed E-state index contributed by atoms with van der Waals surface area (Å²) >= 11 is 0. The minimum Gasteiger partial charge on any atom is -0.360 e. The first-order chi connectivity index (χ1) is 5.95. The molecular formula is C9H7N3. The van der Waals surface area contributed by atoms with Gasteiger partial charge in [0.25, 0.3) is 0 Å². The molecule has 0 aliphatic rings. The Bertz CT molecular complexity index is 483. The van der Waals surface area contributed by atoms with Crippen LogP contribution in [0.1, 0.15) is 0 Å². The zero-order valence-electron chi connectivity index (χ0n) is 6.36. The Morgan fingerprint density at radius 1 is 1.25 bits per heavy atom. The van der Waals surface area contributed by atoms with Gasteiger partial charge in [-0.05, 0) is 18.2 Å². The Morgan fingerprint density at radius 3 is 3.25 bits per heavy atom. The van der Waals surface area contributed by atoms with Crippen molar-refractivity contribution in [1.29, 1.82) is 0 Å². The molecule has 3 aromatic heterocycles. The molecule has 0 aliphatic carbocycles. The predicted octanol–water partition coefficient (Wildman–Crippen LogP) is 1.82. The van der Waals surface area contributed by atoms with Crippen LogP contribution < -0.4 is 0 Å². The van der Waals surface area contributed by atoms with Gasteiger partial charge in [0.2, 0.25) is 0 Å². The van der Waals surface area contributed by atoms with Crippen LogP contribution >= 0.6 is 0 Å². The van der Waals surface area contributed by atoms with E-state index in [0.717, 1.165) is 11.2 Å². The second-order valence-corrected chi connectivity index (χ2v) is 2.77. The van der Waals surface area contributed by atoms with Crippen molar-refractivity contribution in [2.24, 2.45) is 0 Å². The largest absolute Gasteiger partial charge is 0.360 e. The maximum absolute atomic E-state index is 4.20. The summed E-state index contributed by atoms with van der Waals surface area (Å²) in [5.74, 6) is 0. The van der Waals surface area contributed by atoms with Gasteiger partial charge in [0.05, 0.1) is 11.0 Å². The first-order valence-corrected chi connectivity index (χ1v) is 3.84. The van der Waals surface area contributed by atoms with E-state index >= 15 is 0 Å². The van der Waals surface area contributed by atoms with Crippen molar-refractivity contribution in [2.45, 2.75) is 0 Å². The molecule has 0 saturated heterocycles. The first-order valence-electron chi connectivity index (χ1n) is 3.84. The van der Waals surface area contributed by atoms with E-state index < -0.39 is 0 Å². The summed E-state index contributed by atoms with van der Waals surface area (Å²) in [6, 6.07) is 6.08. The lowest BCUT2D eigenvalue weighted by atomic mass is 10.4. The highest BCUT2D eigenvalue weighted by molar-refractivity contribution is 5.78. The summed E-state index contributed by atoms with van der Waals surface area (Å²) < 4.78 is 2.06. The number of fused-ring (bicyclic) bond motifs is 3. The minimum atomic E-state index is 0.988. The number of aromatic amines is 1. The monoisotopic (exact) mass is 157 g/mol. The summed E-state index contributed by atoms with van der Waals surface area (Å²) in [6.45, 7) is 0. The van der Waals surface area contributed by atoms with Crippen molar-refractivity contribution >= 4 is 16.7 Å². The fourth-order valence-electron chi connectivity index (χ4n) is 1.52. The smallest absolute Gasteiger partial charge is 0.137 e. The van der Waals surface area contributed by atoms with Gasteiger partial charge in [-0.15, -0.1) is 0 Å². The predicted molar refractivity (Wildman–Crippen MR) is 47.0 cm³/mol. The van der Waals surface area contributed by atoms with Gasteiger partial charge in [-0.2, -0.15) is 0 Å². The molecule has 12 heavy (non-hydrogen) atoms. The molecule has 0 aromatic carbocycles. The highest BCUT2D eigenvalue weighted by Crippen LogP contribution is 2.13. The molecule has 0 unspecified atom stereocenters. The van der Waals surface area contributed by atoms with E-state index in [9.17, 15) is 0 Å². The van der Waals surface area contributed by atoms with Gasteiger partial charge in [0.1, 0.15) is 5.65 Å². The maximum Gasteiger partial charge on any atom is 0.137 e. The van der Waals surface area contributed by atoms with Gasteiger partial charge >= 0.3 is 0 Å². The fraction of sp³-hybridized carbons (Fsp3) is 0. The number of H-pyrrole nitrogens is 1. The van der Waals surface area contributed by atoms with Crippen LogP contribution in [0, 0.1) is 0 Å². The maximum atomic E-state index is 4.20. The fourth-order valence-corrected chi connectivity index (χ4v) is 1.52. The third kappa shape index (κ3) is 0.580. The van der Waals surface area contributed by atoms with Crippen molar-refractivity contribution in [2.75, 3.05) is 0 Å². The molecule has 0 atom stereocenters. The number of imidazole rings is 1. The van der Waals surface area contributed by atoms with Crippen LogP contribution in [0.2, 0.25) is 0 Å². The molecule has 0 amide bonds. The number of nitrogens with one attached hydrogen (secondary N) is 1. The van der Waals surface area contributed by atoms with E-state index in [0.29, 0.717) is 0 Å². The Balaban J connectivity index is 2.71. The minimum absolute atomic E-state index is 0.988. The Morgan fingerprint density at radius 2 is 2.25 bits per heavy atom. The van der Waals surface area contributed by atoms with Crippen LogP contribution in [0.15, 0.2) is 36.8 Å². The van der Waals surface area contributed by atoms with Crippen molar-refractivity contribution in [3.05, 3.63) is 36.8 Å². The second-order valence-electron chi connectivity index (χ2n) is 2.77. The topological polar surface area (TPSA) is 33.1 Å². The van der Waals surface area contributed by atoms with Crippen molar-refractivity contribution < 1.29 is 0 Å². The Kier molecular flexibility index (Phi) is 0.913.